The summed E-state index contributed by atoms with van der Waals surface area (Å²) in [5.74, 6) is -2.14. The van der Waals surface area contributed by atoms with Crippen LogP contribution in [-0.4, -0.2) is 47.6 Å². The number of nitrogens with zero attached hydrogens (tertiary/aromatic N) is 5. The summed E-state index contributed by atoms with van der Waals surface area (Å²) in [6.07, 6.45) is -3.17. The number of amides is 2. The van der Waals surface area contributed by atoms with E-state index in [-0.39, 0.29) is 46.1 Å². The third kappa shape index (κ3) is 5.83. The van der Waals surface area contributed by atoms with Gasteiger partial charge in [-0.2, -0.15) is 23.1 Å². The number of alkyl halides is 3. The zero-order chi connectivity index (χ0) is 27.8. The summed E-state index contributed by atoms with van der Waals surface area (Å²) in [7, 11) is 0. The first-order valence-electron chi connectivity index (χ1n) is 11.2. The normalized spacial score (nSPS) is 11.7. The molecule has 10 nitrogen and oxygen atoms in total. The zero-order valence-electron chi connectivity index (χ0n) is 20.2. The van der Waals surface area contributed by atoms with Gasteiger partial charge in [0.05, 0.1) is 22.0 Å². The second kappa shape index (κ2) is 10.5. The molecule has 15 heteroatoms. The number of carbonyl (C=O) groups is 2. The topological polar surface area (TPSA) is 123 Å². The van der Waals surface area contributed by atoms with Crippen LogP contribution in [0.5, 0.6) is 0 Å². The van der Waals surface area contributed by atoms with Crippen molar-refractivity contribution in [2.75, 3.05) is 5.32 Å². The van der Waals surface area contributed by atoms with Gasteiger partial charge in [-0.25, -0.2) is 9.67 Å². The molecule has 0 spiro atoms. The van der Waals surface area contributed by atoms with Crippen molar-refractivity contribution < 1.29 is 22.8 Å². The number of aromatic nitrogens is 6. The molecule has 0 radical (unpaired) electrons. The molecule has 0 saturated heterocycles. The summed E-state index contributed by atoms with van der Waals surface area (Å²) in [6, 6.07) is 7.35. The molecule has 3 aromatic heterocycles. The van der Waals surface area contributed by atoms with Gasteiger partial charge in [-0.15, -0.1) is 5.10 Å². The lowest BCUT2D eigenvalue weighted by Crippen LogP contribution is -2.31. The van der Waals surface area contributed by atoms with Gasteiger partial charge in [-0.3, -0.25) is 14.7 Å². The van der Waals surface area contributed by atoms with Gasteiger partial charge >= 0.3 is 6.18 Å². The van der Waals surface area contributed by atoms with Gasteiger partial charge in [-0.1, -0.05) is 23.2 Å². The van der Waals surface area contributed by atoms with Gasteiger partial charge in [0.25, 0.3) is 11.8 Å². The van der Waals surface area contributed by atoms with E-state index in [0.29, 0.717) is 10.6 Å². The fraction of sp³-hybridized carbons (Fsp3) is 0.261. The summed E-state index contributed by atoms with van der Waals surface area (Å²) >= 11 is 12.5. The van der Waals surface area contributed by atoms with E-state index in [1.807, 2.05) is 0 Å². The minimum absolute atomic E-state index is 0.0364. The number of anilines is 1. The van der Waals surface area contributed by atoms with Crippen LogP contribution in [0.25, 0.3) is 5.82 Å². The van der Waals surface area contributed by atoms with E-state index < -0.39 is 23.8 Å². The second-order valence-corrected chi connectivity index (χ2v) is 9.43. The number of carbonyl (C=O) groups excluding carboxylic acids is 2. The number of halogens is 5. The first-order chi connectivity index (χ1) is 17.8. The standard InChI is InChI=1S/C23H21Cl2F3N8O2/c1-11(2)30-20(37)15-8-13(24)7-12(3)18(15)31-21(38)17-9-14(10-35-33-22(34-35)23(26,27)28)32-36(17)19-16(25)5-4-6-29-19/h4-9,11H,10H2,1-3H3,(H,30,37)(H,31,38)(H,33,34). The highest BCUT2D eigenvalue weighted by atomic mass is 35.5. The van der Waals surface area contributed by atoms with E-state index in [9.17, 15) is 22.8 Å². The maximum Gasteiger partial charge on any atom is 0.452 e. The predicted molar refractivity (Wildman–Crippen MR) is 134 cm³/mol. The van der Waals surface area contributed by atoms with Crippen molar-refractivity contribution in [3.8, 4) is 5.82 Å². The monoisotopic (exact) mass is 568 g/mol. The van der Waals surface area contributed by atoms with Crippen LogP contribution in [0.3, 0.4) is 0 Å². The van der Waals surface area contributed by atoms with E-state index >= 15 is 0 Å². The fourth-order valence-corrected chi connectivity index (χ4v) is 4.04. The van der Waals surface area contributed by atoms with Crippen LogP contribution in [-0.2, 0) is 12.7 Å². The molecule has 0 fully saturated rings. The Morgan fingerprint density at radius 1 is 1.13 bits per heavy atom. The quantitative estimate of drug-likeness (QED) is 0.293. The van der Waals surface area contributed by atoms with Gasteiger partial charge in [0.15, 0.2) is 5.82 Å². The van der Waals surface area contributed by atoms with Gasteiger partial charge < -0.3 is 10.6 Å². The summed E-state index contributed by atoms with van der Waals surface area (Å²) in [6.45, 7) is 5.06. The maximum atomic E-state index is 13.5. The van der Waals surface area contributed by atoms with Crippen molar-refractivity contribution in [2.45, 2.75) is 39.5 Å². The van der Waals surface area contributed by atoms with Crippen LogP contribution in [0.4, 0.5) is 18.9 Å². The average molecular weight is 569 g/mol. The Bertz CT molecular complexity index is 1490. The van der Waals surface area contributed by atoms with Gasteiger partial charge in [0.1, 0.15) is 12.2 Å². The van der Waals surface area contributed by atoms with Gasteiger partial charge in [0, 0.05) is 17.3 Å². The van der Waals surface area contributed by atoms with Crippen LogP contribution in [0.2, 0.25) is 10.0 Å². The summed E-state index contributed by atoms with van der Waals surface area (Å²) in [5, 5.41) is 15.7. The highest BCUT2D eigenvalue weighted by Gasteiger charge is 2.37. The molecule has 0 saturated carbocycles. The highest BCUT2D eigenvalue weighted by molar-refractivity contribution is 6.32. The highest BCUT2D eigenvalue weighted by Crippen LogP contribution is 2.28. The molecule has 0 aliphatic rings. The molecule has 3 N–H and O–H groups in total. The Balaban J connectivity index is 1.72. The molecule has 3 heterocycles. The number of H-pyrrole nitrogens is 1. The van der Waals surface area contributed by atoms with E-state index in [0.717, 1.165) is 4.80 Å². The van der Waals surface area contributed by atoms with Crippen molar-refractivity contribution in [3.05, 3.63) is 74.9 Å². The molecule has 38 heavy (non-hydrogen) atoms. The molecular formula is C23H21Cl2F3N8O2. The minimum atomic E-state index is -4.61. The third-order valence-corrected chi connectivity index (χ3v) is 5.68. The number of hydrogen-bond acceptors (Lipinski definition) is 5. The summed E-state index contributed by atoms with van der Waals surface area (Å²) < 4.78 is 39.3. The molecule has 1 aromatic carbocycles. The van der Waals surface area contributed by atoms with E-state index in [1.54, 1.807) is 39.0 Å². The van der Waals surface area contributed by atoms with Crippen molar-refractivity contribution in [1.82, 2.24) is 35.1 Å². The largest absolute Gasteiger partial charge is 0.452 e. The number of aryl methyl sites for hydroxylation is 1. The van der Waals surface area contributed by atoms with Crippen LogP contribution in [0, 0.1) is 6.92 Å². The molecule has 2 amide bonds. The smallest absolute Gasteiger partial charge is 0.350 e. The molecular weight excluding hydrogens is 548 g/mol. The Morgan fingerprint density at radius 3 is 2.47 bits per heavy atom. The van der Waals surface area contributed by atoms with Crippen molar-refractivity contribution in [3.63, 3.8) is 0 Å². The number of hydrogen-bond donors (Lipinski definition) is 3. The lowest BCUT2D eigenvalue weighted by atomic mass is 10.1. The molecule has 4 rings (SSSR count). The number of nitrogens with one attached hydrogen (secondary N) is 3. The Hall–Kier alpha value is -3.84. The van der Waals surface area contributed by atoms with Gasteiger partial charge in [0.2, 0.25) is 5.82 Å². The Kier molecular flexibility index (Phi) is 7.51. The first kappa shape index (κ1) is 27.2. The lowest BCUT2D eigenvalue weighted by Gasteiger charge is -2.16. The van der Waals surface area contributed by atoms with E-state index in [4.69, 9.17) is 23.2 Å². The third-order valence-electron chi connectivity index (χ3n) is 5.17. The van der Waals surface area contributed by atoms with Crippen LogP contribution in [0.15, 0.2) is 36.5 Å². The second-order valence-electron chi connectivity index (χ2n) is 8.58. The van der Waals surface area contributed by atoms with Crippen molar-refractivity contribution in [1.29, 1.82) is 0 Å². The lowest BCUT2D eigenvalue weighted by molar-refractivity contribution is -0.151. The minimum Gasteiger partial charge on any atom is -0.350 e. The van der Waals surface area contributed by atoms with Gasteiger partial charge in [-0.05, 0) is 56.7 Å². The molecule has 0 aliphatic carbocycles. The molecule has 200 valence electrons. The molecule has 0 bridgehead atoms. The Morgan fingerprint density at radius 2 is 1.84 bits per heavy atom. The molecule has 0 atom stereocenters. The molecule has 0 aliphatic heterocycles. The van der Waals surface area contributed by atoms with Crippen LogP contribution >= 0.6 is 23.2 Å². The summed E-state index contributed by atoms with van der Waals surface area (Å²) in [5.41, 5.74) is 1.06. The van der Waals surface area contributed by atoms with Crippen molar-refractivity contribution in [2.24, 2.45) is 0 Å². The van der Waals surface area contributed by atoms with Crippen LogP contribution in [0.1, 0.15) is 51.8 Å². The summed E-state index contributed by atoms with van der Waals surface area (Å²) in [4.78, 5) is 31.4. The fourth-order valence-electron chi connectivity index (χ4n) is 3.56. The number of aromatic amines is 1. The zero-order valence-corrected chi connectivity index (χ0v) is 21.7. The SMILES string of the molecule is Cc1cc(Cl)cc(C(=O)NC(C)C)c1NC(=O)c1cc(Cn2nc(C(F)(F)F)[nH]2)nn1-c1ncccc1Cl. The predicted octanol–water partition coefficient (Wildman–Crippen LogP) is 4.86. The number of rotatable bonds is 7. The maximum absolute atomic E-state index is 13.5. The van der Waals surface area contributed by atoms with Crippen LogP contribution < -0.4 is 10.6 Å². The molecule has 4 aromatic rings. The average Bonchev–Trinajstić information content (AvgIpc) is 3.20. The molecule has 0 unspecified atom stereocenters. The Labute approximate surface area is 224 Å². The van der Waals surface area contributed by atoms with Crippen molar-refractivity contribution >= 4 is 40.7 Å². The first-order valence-corrected chi connectivity index (χ1v) is 11.9. The number of pyridine rings is 1. The number of benzene rings is 1. The van der Waals surface area contributed by atoms with E-state index in [1.165, 1.54) is 23.0 Å². The van der Waals surface area contributed by atoms with E-state index in [2.05, 4.69) is 30.9 Å².